The van der Waals surface area contributed by atoms with Crippen LogP contribution in [0.2, 0.25) is 0 Å². The Hall–Kier alpha value is -3.20. The number of nitrogens with zero attached hydrogens (tertiary/aromatic N) is 4. The van der Waals surface area contributed by atoms with Gasteiger partial charge in [0.15, 0.2) is 0 Å². The number of fused-ring (bicyclic) bond motifs is 3. The van der Waals surface area contributed by atoms with Gasteiger partial charge in [-0.15, -0.1) is 0 Å². The lowest BCUT2D eigenvalue weighted by Crippen LogP contribution is -2.26. The second-order valence-electron chi connectivity index (χ2n) is 11.8. The van der Waals surface area contributed by atoms with Gasteiger partial charge in [-0.3, -0.25) is 14.0 Å². The van der Waals surface area contributed by atoms with E-state index in [4.69, 9.17) is 14.5 Å². The van der Waals surface area contributed by atoms with Gasteiger partial charge in [0.05, 0.1) is 24.0 Å². The van der Waals surface area contributed by atoms with Gasteiger partial charge in [-0.05, 0) is 76.8 Å². The van der Waals surface area contributed by atoms with Crippen molar-refractivity contribution in [2.75, 3.05) is 11.9 Å². The average Bonchev–Trinajstić information content (AvgIpc) is 3.61. The van der Waals surface area contributed by atoms with E-state index in [1.807, 2.05) is 32.3 Å². The van der Waals surface area contributed by atoms with Crippen molar-refractivity contribution in [3.05, 3.63) is 52.3 Å². The van der Waals surface area contributed by atoms with Crippen molar-refractivity contribution < 1.29 is 14.3 Å². The molecule has 0 aromatic carbocycles. The van der Waals surface area contributed by atoms with Crippen LogP contribution in [-0.4, -0.2) is 43.2 Å². The molecule has 9 nitrogen and oxygen atoms in total. The Balaban J connectivity index is 1.23. The second kappa shape index (κ2) is 7.18. The zero-order valence-electron chi connectivity index (χ0n) is 20.9. The van der Waals surface area contributed by atoms with Crippen molar-refractivity contribution in [1.29, 1.82) is 0 Å². The number of rotatable bonds is 6. The van der Waals surface area contributed by atoms with E-state index >= 15 is 0 Å². The first-order valence-electron chi connectivity index (χ1n) is 12.9. The fraction of sp³-hybridized carbons (Fsp3) is 0.556. The second-order valence-corrected chi connectivity index (χ2v) is 11.8. The van der Waals surface area contributed by atoms with Crippen molar-refractivity contribution in [2.45, 2.75) is 82.5 Å². The van der Waals surface area contributed by atoms with E-state index in [9.17, 15) is 9.59 Å². The van der Waals surface area contributed by atoms with E-state index in [0.717, 1.165) is 31.4 Å². The molecule has 3 saturated carbocycles. The minimum Gasteiger partial charge on any atom is -0.474 e. The largest absolute Gasteiger partial charge is 0.474 e. The highest BCUT2D eigenvalue weighted by Crippen LogP contribution is 2.72. The summed E-state index contributed by atoms with van der Waals surface area (Å²) in [6.45, 7) is 6.59. The van der Waals surface area contributed by atoms with Crippen LogP contribution in [-0.2, 0) is 10.2 Å². The van der Waals surface area contributed by atoms with Crippen molar-refractivity contribution >= 4 is 17.4 Å². The lowest BCUT2D eigenvalue weighted by atomic mass is 9.84. The molecule has 9 heteroatoms. The summed E-state index contributed by atoms with van der Waals surface area (Å²) in [7, 11) is 0. The van der Waals surface area contributed by atoms with E-state index in [1.54, 1.807) is 21.2 Å². The molecule has 3 atom stereocenters. The Morgan fingerprint density at radius 2 is 2.06 bits per heavy atom. The highest BCUT2D eigenvalue weighted by Gasteiger charge is 2.64. The molecule has 0 radical (unpaired) electrons. The van der Waals surface area contributed by atoms with Crippen LogP contribution in [0.3, 0.4) is 0 Å². The zero-order chi connectivity index (χ0) is 24.9. The molecule has 1 aliphatic heterocycles. The number of amides is 1. The highest BCUT2D eigenvalue weighted by atomic mass is 16.5. The molecule has 2 bridgehead atoms. The lowest BCUT2D eigenvalue weighted by Gasteiger charge is -2.24. The Morgan fingerprint density at radius 1 is 1.22 bits per heavy atom. The minimum atomic E-state index is -0.433. The Morgan fingerprint density at radius 3 is 2.69 bits per heavy atom. The predicted molar refractivity (Wildman–Crippen MR) is 133 cm³/mol. The molecular formula is C27H31N5O4. The number of ether oxygens (including phenoxy) is 2. The first-order valence-corrected chi connectivity index (χ1v) is 12.9. The predicted octanol–water partition coefficient (Wildman–Crippen LogP) is 3.87. The molecule has 1 N–H and O–H groups in total. The summed E-state index contributed by atoms with van der Waals surface area (Å²) in [5, 5.41) is 2.82. The quantitative estimate of drug-likeness (QED) is 0.564. The smallest absolute Gasteiger partial charge is 0.274 e. The SMILES string of the molecule is CC(C)Oc1nc2nc([C@]34CC[C@](C)(C3)OC4)cn2cc1C(=O)Nc1cccn([C@@H]2CC23CC3)c1=O. The monoisotopic (exact) mass is 489 g/mol. The number of carbonyl (C=O) groups excluding carboxylic acids is 1. The summed E-state index contributed by atoms with van der Waals surface area (Å²) in [4.78, 5) is 36.0. The molecule has 3 aromatic heterocycles. The molecule has 1 amide bonds. The molecule has 1 spiro atoms. The van der Waals surface area contributed by atoms with Crippen molar-refractivity contribution in [3.63, 3.8) is 0 Å². The number of carbonyl (C=O) groups is 1. The summed E-state index contributed by atoms with van der Waals surface area (Å²) in [6, 6.07) is 3.72. The maximum atomic E-state index is 13.4. The van der Waals surface area contributed by atoms with Gasteiger partial charge in [0.1, 0.15) is 11.3 Å². The molecule has 3 aliphatic carbocycles. The number of hydrogen-bond acceptors (Lipinski definition) is 6. The fourth-order valence-electron chi connectivity index (χ4n) is 6.34. The summed E-state index contributed by atoms with van der Waals surface area (Å²) >= 11 is 0. The highest BCUT2D eigenvalue weighted by molar-refractivity contribution is 6.05. The Kier molecular flexibility index (Phi) is 4.40. The van der Waals surface area contributed by atoms with Gasteiger partial charge in [-0.25, -0.2) is 4.98 Å². The van der Waals surface area contributed by atoms with Gasteiger partial charge in [0.2, 0.25) is 11.7 Å². The van der Waals surface area contributed by atoms with Crippen molar-refractivity contribution in [3.8, 4) is 5.88 Å². The van der Waals surface area contributed by atoms with Crippen molar-refractivity contribution in [1.82, 2.24) is 18.9 Å². The van der Waals surface area contributed by atoms with Crippen LogP contribution >= 0.6 is 0 Å². The summed E-state index contributed by atoms with van der Waals surface area (Å²) in [5.74, 6) is 0.259. The molecule has 188 valence electrons. The van der Waals surface area contributed by atoms with Crippen LogP contribution in [0.15, 0.2) is 35.5 Å². The topological polar surface area (TPSA) is 99.8 Å². The number of anilines is 1. The van der Waals surface area contributed by atoms with Crippen LogP contribution in [0.4, 0.5) is 5.69 Å². The van der Waals surface area contributed by atoms with Gasteiger partial charge in [0, 0.05) is 30.0 Å². The molecule has 4 heterocycles. The van der Waals surface area contributed by atoms with E-state index in [2.05, 4.69) is 17.2 Å². The third-order valence-corrected chi connectivity index (χ3v) is 8.69. The number of nitrogens with one attached hydrogen (secondary N) is 1. The van der Waals surface area contributed by atoms with Gasteiger partial charge in [0.25, 0.3) is 11.5 Å². The van der Waals surface area contributed by atoms with Crippen LogP contribution in [0.25, 0.3) is 5.78 Å². The van der Waals surface area contributed by atoms with Crippen LogP contribution in [0, 0.1) is 5.41 Å². The molecule has 3 aromatic rings. The maximum absolute atomic E-state index is 13.4. The molecule has 4 aliphatic rings. The van der Waals surface area contributed by atoms with E-state index in [0.29, 0.717) is 17.8 Å². The summed E-state index contributed by atoms with van der Waals surface area (Å²) in [6.07, 6.45) is 11.7. The summed E-state index contributed by atoms with van der Waals surface area (Å²) in [5.41, 5.74) is 1.43. The van der Waals surface area contributed by atoms with Crippen LogP contribution in [0.1, 0.15) is 81.4 Å². The third-order valence-electron chi connectivity index (χ3n) is 8.69. The number of hydrogen-bond donors (Lipinski definition) is 1. The van der Waals surface area contributed by atoms with Crippen LogP contribution < -0.4 is 15.6 Å². The number of imidazole rings is 1. The fourth-order valence-corrected chi connectivity index (χ4v) is 6.34. The standard InChI is InChI=1S/C27H31N5O4/c1-16(2)36-22-17(21(33)28-18-5-4-10-32(23(18)34)20-11-26(20)8-9-26)12-31-13-19(29-24(31)30-22)27-7-6-25(3,14-27)35-15-27/h4-5,10,12-13,16,20H,6-9,11,14-15H2,1-3H3,(H,28,33)/t20-,25-,27-/m1/s1. The molecule has 4 fully saturated rings. The molecule has 7 rings (SSSR count). The maximum Gasteiger partial charge on any atom is 0.274 e. The first kappa shape index (κ1) is 22.0. The normalized spacial score (nSPS) is 29.3. The molecule has 36 heavy (non-hydrogen) atoms. The van der Waals surface area contributed by atoms with Gasteiger partial charge in [-0.2, -0.15) is 4.98 Å². The van der Waals surface area contributed by atoms with E-state index < -0.39 is 5.91 Å². The number of pyridine rings is 1. The molecular weight excluding hydrogens is 458 g/mol. The van der Waals surface area contributed by atoms with Gasteiger partial charge in [-0.1, -0.05) is 0 Å². The number of aromatic nitrogens is 4. The van der Waals surface area contributed by atoms with Gasteiger partial charge < -0.3 is 19.4 Å². The van der Waals surface area contributed by atoms with Crippen LogP contribution in [0.5, 0.6) is 5.88 Å². The minimum absolute atomic E-state index is 0.0810. The zero-order valence-corrected chi connectivity index (χ0v) is 20.9. The molecule has 0 unspecified atom stereocenters. The Labute approximate surface area is 208 Å². The van der Waals surface area contributed by atoms with E-state index in [-0.39, 0.29) is 45.9 Å². The van der Waals surface area contributed by atoms with Crippen molar-refractivity contribution in [2.24, 2.45) is 5.41 Å². The third kappa shape index (κ3) is 3.32. The Bertz CT molecular complexity index is 1460. The average molecular weight is 490 g/mol. The summed E-state index contributed by atoms with van der Waals surface area (Å²) < 4.78 is 15.5. The first-order chi connectivity index (χ1) is 17.2. The van der Waals surface area contributed by atoms with E-state index in [1.165, 1.54) is 12.8 Å². The molecule has 1 saturated heterocycles. The van der Waals surface area contributed by atoms with Gasteiger partial charge >= 0.3 is 0 Å². The lowest BCUT2D eigenvalue weighted by molar-refractivity contribution is -0.00627.